The minimum atomic E-state index is -3.12. The number of hydrogen-bond donors (Lipinski definition) is 0. The minimum Gasteiger partial charge on any atom is -0.298 e. The van der Waals surface area contributed by atoms with Crippen LogP contribution in [0.5, 0.6) is 0 Å². The standard InChI is InChI=1S/C17H26N2O2S/c20-22(21,15-10-16-6-2-1-3-7-16)19-13-11-18(12-14-19)17-8-4-5-9-17/h1-3,6-7,17H,4-5,8-15H2. The lowest BCUT2D eigenvalue weighted by molar-refractivity contribution is 0.139. The van der Waals surface area contributed by atoms with Crippen molar-refractivity contribution in [2.75, 3.05) is 31.9 Å². The number of sulfonamides is 1. The molecule has 1 heterocycles. The Kier molecular flexibility index (Phi) is 5.16. The van der Waals surface area contributed by atoms with E-state index in [1.54, 1.807) is 4.31 Å². The molecule has 1 aliphatic heterocycles. The second-order valence-corrected chi connectivity index (χ2v) is 8.51. The van der Waals surface area contributed by atoms with Gasteiger partial charge in [-0.2, -0.15) is 4.31 Å². The van der Waals surface area contributed by atoms with Gasteiger partial charge in [0.2, 0.25) is 10.0 Å². The average Bonchev–Trinajstić information content (AvgIpc) is 3.09. The number of rotatable bonds is 5. The second kappa shape index (κ2) is 7.11. The van der Waals surface area contributed by atoms with E-state index in [0.29, 0.717) is 25.6 Å². The number of nitrogens with zero attached hydrogens (tertiary/aromatic N) is 2. The molecule has 1 saturated heterocycles. The average molecular weight is 322 g/mol. The zero-order valence-corrected chi connectivity index (χ0v) is 14.0. The molecule has 22 heavy (non-hydrogen) atoms. The molecule has 2 aliphatic rings. The molecule has 4 nitrogen and oxygen atoms in total. The third-order valence-corrected chi connectivity index (χ3v) is 6.87. The fraction of sp³-hybridized carbons (Fsp3) is 0.647. The van der Waals surface area contributed by atoms with Crippen molar-refractivity contribution in [2.45, 2.75) is 38.1 Å². The molecule has 122 valence electrons. The maximum absolute atomic E-state index is 12.5. The predicted octanol–water partition coefficient (Wildman–Crippen LogP) is 2.12. The van der Waals surface area contributed by atoms with Gasteiger partial charge >= 0.3 is 0 Å². The van der Waals surface area contributed by atoms with E-state index < -0.39 is 10.0 Å². The highest BCUT2D eigenvalue weighted by Gasteiger charge is 2.30. The van der Waals surface area contributed by atoms with Gasteiger partial charge in [-0.05, 0) is 24.8 Å². The quantitative estimate of drug-likeness (QED) is 0.834. The fourth-order valence-corrected chi connectivity index (χ4v) is 5.11. The molecular weight excluding hydrogens is 296 g/mol. The van der Waals surface area contributed by atoms with Gasteiger partial charge in [0.05, 0.1) is 5.75 Å². The van der Waals surface area contributed by atoms with Gasteiger partial charge < -0.3 is 0 Å². The van der Waals surface area contributed by atoms with E-state index in [-0.39, 0.29) is 5.75 Å². The van der Waals surface area contributed by atoms with Crippen LogP contribution in [0.15, 0.2) is 30.3 Å². The summed E-state index contributed by atoms with van der Waals surface area (Å²) in [5.41, 5.74) is 1.09. The number of benzene rings is 1. The van der Waals surface area contributed by atoms with Crippen molar-refractivity contribution in [2.24, 2.45) is 0 Å². The van der Waals surface area contributed by atoms with E-state index in [2.05, 4.69) is 4.90 Å². The van der Waals surface area contributed by atoms with Gasteiger partial charge in [0.1, 0.15) is 0 Å². The largest absolute Gasteiger partial charge is 0.298 e. The Hall–Kier alpha value is -0.910. The topological polar surface area (TPSA) is 40.6 Å². The van der Waals surface area contributed by atoms with Crippen LogP contribution in [0.1, 0.15) is 31.2 Å². The number of piperazine rings is 1. The molecule has 0 unspecified atom stereocenters. The first-order chi connectivity index (χ1) is 10.6. The molecule has 1 aliphatic carbocycles. The Balaban J connectivity index is 1.51. The van der Waals surface area contributed by atoms with Crippen molar-refractivity contribution >= 4 is 10.0 Å². The summed E-state index contributed by atoms with van der Waals surface area (Å²) in [5.74, 6) is 0.223. The van der Waals surface area contributed by atoms with Gasteiger partial charge in [-0.1, -0.05) is 43.2 Å². The predicted molar refractivity (Wildman–Crippen MR) is 89.3 cm³/mol. The molecular formula is C17H26N2O2S. The van der Waals surface area contributed by atoms with Crippen molar-refractivity contribution in [1.29, 1.82) is 0 Å². The summed E-state index contributed by atoms with van der Waals surface area (Å²) in [6.45, 7) is 3.12. The van der Waals surface area contributed by atoms with E-state index in [1.165, 1.54) is 25.7 Å². The molecule has 0 N–H and O–H groups in total. The van der Waals surface area contributed by atoms with Gasteiger partial charge in [0, 0.05) is 32.2 Å². The van der Waals surface area contributed by atoms with Gasteiger partial charge in [-0.3, -0.25) is 4.90 Å². The van der Waals surface area contributed by atoms with E-state index in [1.807, 2.05) is 30.3 Å². The van der Waals surface area contributed by atoms with Crippen LogP contribution in [0.2, 0.25) is 0 Å². The normalized spacial score (nSPS) is 22.2. The van der Waals surface area contributed by atoms with E-state index in [9.17, 15) is 8.42 Å². The van der Waals surface area contributed by atoms with Crippen molar-refractivity contribution in [3.8, 4) is 0 Å². The van der Waals surface area contributed by atoms with Crippen LogP contribution in [0.4, 0.5) is 0 Å². The second-order valence-electron chi connectivity index (χ2n) is 6.42. The summed E-state index contributed by atoms with van der Waals surface area (Å²) in [6.07, 6.45) is 5.86. The Morgan fingerprint density at radius 1 is 0.955 bits per heavy atom. The first kappa shape index (κ1) is 16.0. The van der Waals surface area contributed by atoms with E-state index in [0.717, 1.165) is 18.7 Å². The molecule has 1 saturated carbocycles. The van der Waals surface area contributed by atoms with Crippen molar-refractivity contribution in [3.63, 3.8) is 0 Å². The lowest BCUT2D eigenvalue weighted by Gasteiger charge is -2.37. The summed E-state index contributed by atoms with van der Waals surface area (Å²) < 4.78 is 26.7. The van der Waals surface area contributed by atoms with Gasteiger partial charge in [-0.15, -0.1) is 0 Å². The van der Waals surface area contributed by atoms with Crippen LogP contribution < -0.4 is 0 Å². The van der Waals surface area contributed by atoms with Gasteiger partial charge in [0.15, 0.2) is 0 Å². The Bertz CT molecular complexity index is 560. The maximum atomic E-state index is 12.5. The summed E-state index contributed by atoms with van der Waals surface area (Å²) in [7, 11) is -3.12. The molecule has 3 rings (SSSR count). The molecule has 2 fully saturated rings. The molecule has 0 atom stereocenters. The van der Waals surface area contributed by atoms with Gasteiger partial charge in [-0.25, -0.2) is 8.42 Å². The molecule has 1 aromatic carbocycles. The van der Waals surface area contributed by atoms with Crippen LogP contribution in [0.25, 0.3) is 0 Å². The first-order valence-corrected chi connectivity index (χ1v) is 10.0. The van der Waals surface area contributed by atoms with Crippen LogP contribution in [-0.4, -0.2) is 55.6 Å². The summed E-state index contributed by atoms with van der Waals surface area (Å²) in [5, 5.41) is 0. The van der Waals surface area contributed by atoms with Crippen LogP contribution in [0.3, 0.4) is 0 Å². The zero-order valence-electron chi connectivity index (χ0n) is 13.2. The van der Waals surface area contributed by atoms with E-state index >= 15 is 0 Å². The third kappa shape index (κ3) is 3.89. The summed E-state index contributed by atoms with van der Waals surface area (Å²) >= 11 is 0. The van der Waals surface area contributed by atoms with Crippen LogP contribution in [0, 0.1) is 0 Å². The van der Waals surface area contributed by atoms with Crippen molar-refractivity contribution in [1.82, 2.24) is 9.21 Å². The lowest BCUT2D eigenvalue weighted by Crippen LogP contribution is -2.51. The van der Waals surface area contributed by atoms with Crippen LogP contribution in [-0.2, 0) is 16.4 Å². The molecule has 0 spiro atoms. The Labute approximate surface area is 134 Å². The lowest BCUT2D eigenvalue weighted by atomic mass is 10.2. The molecule has 5 heteroatoms. The van der Waals surface area contributed by atoms with Crippen molar-refractivity contribution in [3.05, 3.63) is 35.9 Å². The third-order valence-electron chi connectivity index (χ3n) is 5.00. The van der Waals surface area contributed by atoms with Gasteiger partial charge in [0.25, 0.3) is 0 Å². The highest BCUT2D eigenvalue weighted by molar-refractivity contribution is 7.89. The van der Waals surface area contributed by atoms with E-state index in [4.69, 9.17) is 0 Å². The Morgan fingerprint density at radius 2 is 1.59 bits per heavy atom. The highest BCUT2D eigenvalue weighted by atomic mass is 32.2. The zero-order chi connectivity index (χ0) is 15.4. The van der Waals surface area contributed by atoms with Crippen LogP contribution >= 0.6 is 0 Å². The SMILES string of the molecule is O=S(=O)(CCc1ccccc1)N1CCN(C2CCCC2)CC1. The molecule has 1 aromatic rings. The number of aryl methyl sites for hydroxylation is 1. The number of hydrogen-bond acceptors (Lipinski definition) is 3. The molecule has 0 radical (unpaired) electrons. The Morgan fingerprint density at radius 3 is 2.23 bits per heavy atom. The maximum Gasteiger partial charge on any atom is 0.214 e. The molecule has 0 bridgehead atoms. The monoisotopic (exact) mass is 322 g/mol. The minimum absolute atomic E-state index is 0.223. The summed E-state index contributed by atoms with van der Waals surface area (Å²) in [6, 6.07) is 10.6. The molecule has 0 amide bonds. The van der Waals surface area contributed by atoms with Crippen molar-refractivity contribution < 1.29 is 8.42 Å². The summed E-state index contributed by atoms with van der Waals surface area (Å²) in [4.78, 5) is 2.50. The smallest absolute Gasteiger partial charge is 0.214 e. The fourth-order valence-electron chi connectivity index (χ4n) is 3.64. The highest BCUT2D eigenvalue weighted by Crippen LogP contribution is 2.24. The first-order valence-electron chi connectivity index (χ1n) is 8.41. The molecule has 0 aromatic heterocycles.